The number of carbonyl (C=O) groups is 2. The van der Waals surface area contributed by atoms with Crippen molar-refractivity contribution in [2.75, 3.05) is 26.4 Å². The minimum absolute atomic E-state index is 0.0310. The molecular weight excluding hydrogens is 858 g/mol. The molecule has 0 spiro atoms. The number of phosphoric ester groups is 1. The van der Waals surface area contributed by atoms with E-state index in [0.717, 1.165) is 116 Å². The second-order valence-corrected chi connectivity index (χ2v) is 17.0. The minimum atomic E-state index is -4.42. The van der Waals surface area contributed by atoms with E-state index < -0.39 is 32.5 Å². The highest BCUT2D eigenvalue weighted by atomic mass is 31.2. The fraction of sp³-hybridized carbons (Fsp3) is 0.509. The Hall–Kier alpha value is -4.37. The quantitative estimate of drug-likeness (QED) is 0.0265. The second-order valence-electron chi connectivity index (χ2n) is 15.6. The maximum atomic E-state index is 12.6. The minimum Gasteiger partial charge on any atom is -0.462 e. The Bertz CT molecular complexity index is 1640. The summed E-state index contributed by atoms with van der Waals surface area (Å²) in [6.45, 7) is 3.38. The second kappa shape index (κ2) is 51.0. The molecular formula is C57H88NO8P. The predicted octanol–water partition coefficient (Wildman–Crippen LogP) is 15.4. The summed E-state index contributed by atoms with van der Waals surface area (Å²) in [5, 5.41) is 0. The van der Waals surface area contributed by atoms with Gasteiger partial charge in [0.15, 0.2) is 6.10 Å². The summed E-state index contributed by atoms with van der Waals surface area (Å²) in [5.41, 5.74) is 5.36. The maximum Gasteiger partial charge on any atom is 0.472 e. The van der Waals surface area contributed by atoms with Crippen molar-refractivity contribution in [1.82, 2.24) is 0 Å². The lowest BCUT2D eigenvalue weighted by atomic mass is 10.1. The fourth-order valence-electron chi connectivity index (χ4n) is 5.79. The average Bonchev–Trinajstić information content (AvgIpc) is 3.32. The van der Waals surface area contributed by atoms with Crippen molar-refractivity contribution in [2.45, 2.75) is 161 Å². The zero-order valence-electron chi connectivity index (χ0n) is 41.3. The number of hydrogen-bond donors (Lipinski definition) is 2. The molecule has 0 rings (SSSR count). The molecule has 0 aromatic carbocycles. The van der Waals surface area contributed by atoms with Gasteiger partial charge in [-0.05, 0) is 122 Å². The number of ether oxygens (including phenoxy) is 2. The molecule has 0 saturated carbocycles. The third-order valence-corrected chi connectivity index (χ3v) is 10.4. The van der Waals surface area contributed by atoms with Crippen LogP contribution in [0.3, 0.4) is 0 Å². The summed E-state index contributed by atoms with van der Waals surface area (Å²) in [5.74, 6) is -0.936. The monoisotopic (exact) mass is 946 g/mol. The molecule has 2 atom stereocenters. The molecule has 0 bridgehead atoms. The van der Waals surface area contributed by atoms with Gasteiger partial charge in [-0.2, -0.15) is 0 Å². The molecule has 0 aliphatic heterocycles. The molecule has 67 heavy (non-hydrogen) atoms. The van der Waals surface area contributed by atoms with Gasteiger partial charge in [0, 0.05) is 19.4 Å². The van der Waals surface area contributed by atoms with Gasteiger partial charge < -0.3 is 20.1 Å². The number of nitrogens with two attached hydrogens (primary N) is 1. The van der Waals surface area contributed by atoms with Crippen LogP contribution in [0.2, 0.25) is 0 Å². The first-order valence-corrected chi connectivity index (χ1v) is 26.5. The third-order valence-electron chi connectivity index (χ3n) is 9.41. The van der Waals surface area contributed by atoms with E-state index in [2.05, 4.69) is 172 Å². The van der Waals surface area contributed by atoms with E-state index in [1.807, 2.05) is 0 Å². The summed E-state index contributed by atoms with van der Waals surface area (Å²) < 4.78 is 32.8. The molecule has 0 fully saturated rings. The molecule has 9 nitrogen and oxygen atoms in total. The van der Waals surface area contributed by atoms with Crippen LogP contribution < -0.4 is 5.73 Å². The van der Waals surface area contributed by atoms with E-state index in [4.69, 9.17) is 24.3 Å². The molecule has 0 heterocycles. The molecule has 0 aliphatic carbocycles. The van der Waals surface area contributed by atoms with Gasteiger partial charge in [0.25, 0.3) is 0 Å². The average molecular weight is 946 g/mol. The number of unbranched alkanes of at least 4 members (excludes halogenated alkanes) is 5. The standard InChI is InChI=1S/C57H88NO8P/c1-3-5-7-9-11-13-15-17-19-21-23-25-26-27-28-30-32-34-36-38-40-42-44-46-48-50-57(60)66-55(54-65-67(61,62)64-52-51-58)53-63-56(59)49-47-45-43-41-39-37-35-33-31-29-24-22-20-18-16-14-12-10-8-6-4-2/h5-8,11-14,17-20,23-25,27-29,32-35,38-41,55H,3-4,9-10,15-16,21-22,26,30-31,36-37,42-54,58H2,1-2H3,(H,61,62)/b7-5-,8-6-,13-11-,14-12-,19-17-,20-18-,25-23-,28-27-,29-24-,34-32-,35-33-,40-38-,41-39-. The number of allylic oxidation sites excluding steroid dienone is 26. The molecule has 3 N–H and O–H groups in total. The molecule has 0 aromatic rings. The van der Waals surface area contributed by atoms with Crippen molar-refractivity contribution < 1.29 is 37.6 Å². The molecule has 0 aliphatic rings. The summed E-state index contributed by atoms with van der Waals surface area (Å²) in [4.78, 5) is 35.0. The van der Waals surface area contributed by atoms with Gasteiger partial charge in [-0.3, -0.25) is 18.6 Å². The Kier molecular flexibility index (Phi) is 47.7. The largest absolute Gasteiger partial charge is 0.472 e. The van der Waals surface area contributed by atoms with Crippen LogP contribution in [0.4, 0.5) is 0 Å². The Morgan fingerprint density at radius 1 is 0.448 bits per heavy atom. The lowest BCUT2D eigenvalue weighted by Crippen LogP contribution is -2.29. The van der Waals surface area contributed by atoms with Crippen LogP contribution in [-0.4, -0.2) is 49.3 Å². The van der Waals surface area contributed by atoms with E-state index in [0.29, 0.717) is 12.8 Å². The number of hydrogen-bond acceptors (Lipinski definition) is 8. The number of rotatable bonds is 44. The first-order chi connectivity index (χ1) is 32.8. The van der Waals surface area contributed by atoms with Crippen LogP contribution in [0.25, 0.3) is 0 Å². The summed E-state index contributed by atoms with van der Waals surface area (Å²) >= 11 is 0. The van der Waals surface area contributed by atoms with Crippen LogP contribution in [0.15, 0.2) is 158 Å². The zero-order valence-corrected chi connectivity index (χ0v) is 42.2. The van der Waals surface area contributed by atoms with Gasteiger partial charge >= 0.3 is 19.8 Å². The van der Waals surface area contributed by atoms with Gasteiger partial charge in [-0.25, -0.2) is 4.57 Å². The highest BCUT2D eigenvalue weighted by Crippen LogP contribution is 2.43. The third kappa shape index (κ3) is 50.9. The number of esters is 2. The van der Waals surface area contributed by atoms with E-state index in [1.54, 1.807) is 0 Å². The molecule has 0 saturated heterocycles. The van der Waals surface area contributed by atoms with Crippen molar-refractivity contribution >= 4 is 19.8 Å². The van der Waals surface area contributed by atoms with Crippen molar-refractivity contribution in [1.29, 1.82) is 0 Å². The van der Waals surface area contributed by atoms with Crippen LogP contribution in [0.5, 0.6) is 0 Å². The van der Waals surface area contributed by atoms with Crippen LogP contribution in [-0.2, 0) is 32.7 Å². The molecule has 10 heteroatoms. The van der Waals surface area contributed by atoms with Gasteiger partial charge in [-0.1, -0.05) is 178 Å². The molecule has 2 unspecified atom stereocenters. The highest BCUT2D eigenvalue weighted by molar-refractivity contribution is 7.47. The van der Waals surface area contributed by atoms with Gasteiger partial charge in [0.05, 0.1) is 13.2 Å². The first kappa shape index (κ1) is 62.6. The van der Waals surface area contributed by atoms with Crippen molar-refractivity contribution in [3.63, 3.8) is 0 Å². The highest BCUT2D eigenvalue weighted by Gasteiger charge is 2.26. The molecule has 0 amide bonds. The fourth-order valence-corrected chi connectivity index (χ4v) is 6.56. The SMILES string of the molecule is CC/C=C\C/C=C\C/C=C\C/C=C\C/C=C\C/C=C\C/C=C\CCCCCC(=O)OC(COC(=O)CCCC/C=C\C/C=C\C/C=C\C/C=C\C/C=C\C/C=C\CC)COP(=O)(O)OCCN. The van der Waals surface area contributed by atoms with E-state index >= 15 is 0 Å². The smallest absolute Gasteiger partial charge is 0.462 e. The number of phosphoric acid groups is 1. The van der Waals surface area contributed by atoms with Gasteiger partial charge in [0.2, 0.25) is 0 Å². The Morgan fingerprint density at radius 2 is 0.776 bits per heavy atom. The van der Waals surface area contributed by atoms with Crippen molar-refractivity contribution in [2.24, 2.45) is 5.73 Å². The zero-order chi connectivity index (χ0) is 48.8. The topological polar surface area (TPSA) is 134 Å². The molecule has 0 radical (unpaired) electrons. The van der Waals surface area contributed by atoms with Crippen molar-refractivity contribution in [3.8, 4) is 0 Å². The summed E-state index contributed by atoms with van der Waals surface area (Å²) in [6.07, 6.45) is 74.2. The maximum absolute atomic E-state index is 12.6. The van der Waals surface area contributed by atoms with Crippen molar-refractivity contribution in [3.05, 3.63) is 158 Å². The predicted molar refractivity (Wildman–Crippen MR) is 283 cm³/mol. The van der Waals surface area contributed by atoms with E-state index in [1.165, 1.54) is 0 Å². The van der Waals surface area contributed by atoms with E-state index in [-0.39, 0.29) is 32.6 Å². The normalized spacial score (nSPS) is 14.5. The number of carbonyl (C=O) groups excluding carboxylic acids is 2. The Labute approximate surface area is 407 Å². The molecule has 374 valence electrons. The lowest BCUT2D eigenvalue weighted by Gasteiger charge is -2.19. The Morgan fingerprint density at radius 3 is 1.15 bits per heavy atom. The van der Waals surface area contributed by atoms with Gasteiger partial charge in [0.1, 0.15) is 6.61 Å². The van der Waals surface area contributed by atoms with E-state index in [9.17, 15) is 19.0 Å². The van der Waals surface area contributed by atoms with Crippen LogP contribution in [0.1, 0.15) is 155 Å². The summed E-state index contributed by atoms with van der Waals surface area (Å²) in [6, 6.07) is 0. The molecule has 0 aromatic heterocycles. The Balaban J connectivity index is 4.28. The van der Waals surface area contributed by atoms with Crippen LogP contribution >= 0.6 is 7.82 Å². The lowest BCUT2D eigenvalue weighted by molar-refractivity contribution is -0.161. The first-order valence-electron chi connectivity index (χ1n) is 25.0. The summed E-state index contributed by atoms with van der Waals surface area (Å²) in [7, 11) is -4.42. The van der Waals surface area contributed by atoms with Gasteiger partial charge in [-0.15, -0.1) is 0 Å². The van der Waals surface area contributed by atoms with Crippen LogP contribution in [0, 0.1) is 0 Å².